The van der Waals surface area contributed by atoms with Crippen LogP contribution in [0.25, 0.3) is 0 Å². The van der Waals surface area contributed by atoms with Gasteiger partial charge in [0, 0.05) is 32.3 Å². The van der Waals surface area contributed by atoms with Crippen molar-refractivity contribution in [2.45, 2.75) is 11.8 Å². The average molecular weight is 303 g/mol. The maximum Gasteiger partial charge on any atom is 0.271 e. The second-order valence-electron chi connectivity index (χ2n) is 3.97. The Labute approximate surface area is 117 Å². The number of nitrogens with zero attached hydrogens (tertiary/aromatic N) is 2. The number of methoxy groups -OCH3 is 1. The van der Waals surface area contributed by atoms with Gasteiger partial charge in [0.2, 0.25) is 10.0 Å². The fourth-order valence-corrected chi connectivity index (χ4v) is 3.19. The highest BCUT2D eigenvalue weighted by Crippen LogP contribution is 2.26. The Hall–Kier alpha value is -1.71. The minimum Gasteiger partial charge on any atom is -0.397 e. The molecule has 0 aliphatic carbocycles. The van der Waals surface area contributed by atoms with Crippen molar-refractivity contribution in [2.24, 2.45) is 0 Å². The summed E-state index contributed by atoms with van der Waals surface area (Å²) in [5.41, 5.74) is 5.23. The number of non-ortho nitro benzene ring substituents is 1. The minimum atomic E-state index is -3.79. The van der Waals surface area contributed by atoms with E-state index in [2.05, 4.69) is 0 Å². The molecule has 112 valence electrons. The number of sulfonamides is 1. The molecule has 0 aliphatic heterocycles. The van der Waals surface area contributed by atoms with Crippen LogP contribution in [-0.4, -0.2) is 44.5 Å². The van der Waals surface area contributed by atoms with Gasteiger partial charge in [-0.25, -0.2) is 8.42 Å². The smallest absolute Gasteiger partial charge is 0.271 e. The molecule has 8 nitrogen and oxygen atoms in total. The number of likely N-dealkylation sites (N-methyl/N-ethyl adjacent to an activating group) is 1. The van der Waals surface area contributed by atoms with Gasteiger partial charge in [-0.2, -0.15) is 4.31 Å². The molecule has 1 rings (SSSR count). The van der Waals surface area contributed by atoms with E-state index in [1.54, 1.807) is 6.92 Å². The van der Waals surface area contributed by atoms with E-state index in [0.717, 1.165) is 18.2 Å². The summed E-state index contributed by atoms with van der Waals surface area (Å²) >= 11 is 0. The number of ether oxygens (including phenoxy) is 1. The Morgan fingerprint density at radius 2 is 2.10 bits per heavy atom. The molecule has 0 saturated carbocycles. The van der Waals surface area contributed by atoms with E-state index in [1.165, 1.54) is 11.4 Å². The van der Waals surface area contributed by atoms with Gasteiger partial charge in [-0.05, 0) is 6.07 Å². The predicted octanol–water partition coefficient (Wildman–Crippen LogP) is 0.834. The van der Waals surface area contributed by atoms with Gasteiger partial charge in [-0.1, -0.05) is 6.92 Å². The van der Waals surface area contributed by atoms with Crippen LogP contribution in [0.2, 0.25) is 0 Å². The molecule has 1 aromatic rings. The summed E-state index contributed by atoms with van der Waals surface area (Å²) in [6.07, 6.45) is 0. The molecule has 0 unspecified atom stereocenters. The number of nitrogen functional groups attached to an aromatic ring is 1. The zero-order chi connectivity index (χ0) is 15.3. The molecule has 0 aromatic heterocycles. The van der Waals surface area contributed by atoms with Gasteiger partial charge < -0.3 is 10.5 Å². The molecule has 1 aromatic carbocycles. The summed E-state index contributed by atoms with van der Waals surface area (Å²) in [6, 6.07) is 3.31. The second-order valence-corrected chi connectivity index (χ2v) is 5.88. The van der Waals surface area contributed by atoms with Gasteiger partial charge in [0.05, 0.1) is 17.2 Å². The lowest BCUT2D eigenvalue weighted by Crippen LogP contribution is -2.34. The van der Waals surface area contributed by atoms with Crippen molar-refractivity contribution in [3.05, 3.63) is 28.3 Å². The highest BCUT2D eigenvalue weighted by atomic mass is 32.2. The number of nitro benzene ring substituents is 1. The van der Waals surface area contributed by atoms with E-state index >= 15 is 0 Å². The number of hydrogen-bond acceptors (Lipinski definition) is 6. The zero-order valence-corrected chi connectivity index (χ0v) is 12.1. The largest absolute Gasteiger partial charge is 0.397 e. The minimum absolute atomic E-state index is 0.138. The Morgan fingerprint density at radius 3 is 2.55 bits per heavy atom. The standard InChI is InChI=1S/C11H17N3O5S/c1-3-13(6-7-19-2)20(17,18)11-5-4-9(14(15)16)8-10(11)12/h4-5,8H,3,6-7,12H2,1-2H3. The van der Waals surface area contributed by atoms with E-state index in [1.807, 2.05) is 0 Å². The summed E-state index contributed by atoms with van der Waals surface area (Å²) in [5.74, 6) is 0. The Kier molecular flexibility index (Phi) is 5.43. The molecule has 20 heavy (non-hydrogen) atoms. The molecular weight excluding hydrogens is 286 g/mol. The van der Waals surface area contributed by atoms with Crippen LogP contribution < -0.4 is 5.73 Å². The SMILES string of the molecule is CCN(CCOC)S(=O)(=O)c1ccc([N+](=O)[O-])cc1N. The molecule has 2 N–H and O–H groups in total. The fourth-order valence-electron chi connectivity index (χ4n) is 1.66. The molecule has 0 amide bonds. The molecule has 0 fully saturated rings. The lowest BCUT2D eigenvalue weighted by atomic mass is 10.3. The van der Waals surface area contributed by atoms with Gasteiger partial charge in [0.15, 0.2) is 0 Å². The molecule has 0 aliphatic rings. The predicted molar refractivity (Wildman–Crippen MR) is 73.8 cm³/mol. The fraction of sp³-hybridized carbons (Fsp3) is 0.455. The molecule has 0 heterocycles. The Morgan fingerprint density at radius 1 is 1.45 bits per heavy atom. The molecule has 0 saturated heterocycles. The highest BCUT2D eigenvalue weighted by molar-refractivity contribution is 7.89. The third-order valence-electron chi connectivity index (χ3n) is 2.72. The average Bonchev–Trinajstić information content (AvgIpc) is 2.38. The van der Waals surface area contributed by atoms with Crippen molar-refractivity contribution >= 4 is 21.4 Å². The number of hydrogen-bond donors (Lipinski definition) is 1. The summed E-state index contributed by atoms with van der Waals surface area (Å²) < 4.78 is 30.8. The van der Waals surface area contributed by atoms with Crippen molar-refractivity contribution < 1.29 is 18.1 Å². The maximum absolute atomic E-state index is 12.4. The number of nitro groups is 1. The quantitative estimate of drug-likeness (QED) is 0.453. The van der Waals surface area contributed by atoms with Crippen molar-refractivity contribution in [3.8, 4) is 0 Å². The Bertz CT molecular complexity index is 588. The van der Waals surface area contributed by atoms with Crippen molar-refractivity contribution in [3.63, 3.8) is 0 Å². The molecular formula is C11H17N3O5S. The van der Waals surface area contributed by atoms with Gasteiger partial charge >= 0.3 is 0 Å². The van der Waals surface area contributed by atoms with Gasteiger partial charge in [-0.15, -0.1) is 0 Å². The number of rotatable bonds is 7. The van der Waals surface area contributed by atoms with E-state index in [-0.39, 0.29) is 36.0 Å². The van der Waals surface area contributed by atoms with Crippen LogP contribution >= 0.6 is 0 Å². The maximum atomic E-state index is 12.4. The van der Waals surface area contributed by atoms with Crippen LogP contribution in [0.5, 0.6) is 0 Å². The first-order chi connectivity index (χ1) is 9.34. The number of benzene rings is 1. The van der Waals surface area contributed by atoms with Gasteiger partial charge in [-0.3, -0.25) is 10.1 Å². The topological polar surface area (TPSA) is 116 Å². The van der Waals surface area contributed by atoms with E-state index in [4.69, 9.17) is 10.5 Å². The monoisotopic (exact) mass is 303 g/mol. The normalized spacial score (nSPS) is 11.8. The molecule has 0 atom stereocenters. The first kappa shape index (κ1) is 16.3. The van der Waals surface area contributed by atoms with Crippen molar-refractivity contribution in [1.82, 2.24) is 4.31 Å². The third-order valence-corrected chi connectivity index (χ3v) is 4.77. The van der Waals surface area contributed by atoms with E-state index in [9.17, 15) is 18.5 Å². The van der Waals surface area contributed by atoms with Gasteiger partial charge in [0.25, 0.3) is 5.69 Å². The molecule has 9 heteroatoms. The second kappa shape index (κ2) is 6.64. The lowest BCUT2D eigenvalue weighted by Gasteiger charge is -2.20. The first-order valence-corrected chi connectivity index (χ1v) is 7.31. The van der Waals surface area contributed by atoms with Crippen LogP contribution in [0.1, 0.15) is 6.92 Å². The lowest BCUT2D eigenvalue weighted by molar-refractivity contribution is -0.384. The van der Waals surface area contributed by atoms with Crippen molar-refractivity contribution in [2.75, 3.05) is 32.5 Å². The summed E-state index contributed by atoms with van der Waals surface area (Å²) in [7, 11) is -2.32. The van der Waals surface area contributed by atoms with E-state index in [0.29, 0.717) is 0 Å². The van der Waals surface area contributed by atoms with Crippen molar-refractivity contribution in [1.29, 1.82) is 0 Å². The van der Waals surface area contributed by atoms with E-state index < -0.39 is 14.9 Å². The highest BCUT2D eigenvalue weighted by Gasteiger charge is 2.26. The summed E-state index contributed by atoms with van der Waals surface area (Å²) in [4.78, 5) is 9.85. The molecule has 0 bridgehead atoms. The van der Waals surface area contributed by atoms with Crippen LogP contribution in [0.4, 0.5) is 11.4 Å². The van der Waals surface area contributed by atoms with Crippen LogP contribution in [0, 0.1) is 10.1 Å². The summed E-state index contributed by atoms with van der Waals surface area (Å²) in [6.45, 7) is 2.38. The van der Waals surface area contributed by atoms with Gasteiger partial charge in [0.1, 0.15) is 4.90 Å². The van der Waals surface area contributed by atoms with Crippen LogP contribution in [0.15, 0.2) is 23.1 Å². The molecule has 0 spiro atoms. The Balaban J connectivity index is 3.17. The third kappa shape index (κ3) is 3.44. The van der Waals surface area contributed by atoms with Crippen LogP contribution in [-0.2, 0) is 14.8 Å². The molecule has 0 radical (unpaired) electrons. The number of anilines is 1. The van der Waals surface area contributed by atoms with Crippen LogP contribution in [0.3, 0.4) is 0 Å². The first-order valence-electron chi connectivity index (χ1n) is 5.87. The summed E-state index contributed by atoms with van der Waals surface area (Å²) in [5, 5.41) is 10.6. The number of nitrogens with two attached hydrogens (primary N) is 1. The zero-order valence-electron chi connectivity index (χ0n) is 11.3.